The van der Waals surface area contributed by atoms with Crippen LogP contribution in [-0.2, 0) is 43.2 Å². The Hall–Kier alpha value is -5.88. The molecule has 0 aliphatic carbocycles. The summed E-state index contributed by atoms with van der Waals surface area (Å²) >= 11 is 0. The van der Waals surface area contributed by atoms with Crippen LogP contribution in [0.25, 0.3) is 11.1 Å². The Kier molecular flexibility index (Phi) is 13.1. The molecule has 51 heavy (non-hydrogen) atoms. The third-order valence-corrected chi connectivity index (χ3v) is 8.42. The molecular formula is C39H42FN5O6. The predicted molar refractivity (Wildman–Crippen MR) is 191 cm³/mol. The zero-order valence-corrected chi connectivity index (χ0v) is 28.4. The zero-order valence-electron chi connectivity index (χ0n) is 28.4. The largest absolute Gasteiger partial charge is 0.383 e. The molecule has 0 unspecified atom stereocenters. The zero-order chi connectivity index (χ0) is 37.1. The number of nitrogens with one attached hydrogen (secondary N) is 3. The van der Waals surface area contributed by atoms with Crippen LogP contribution in [0.2, 0.25) is 0 Å². The van der Waals surface area contributed by atoms with E-state index >= 15 is 0 Å². The Balaban J connectivity index is 1.42. The first-order valence-corrected chi connectivity index (χ1v) is 16.4. The highest BCUT2D eigenvalue weighted by Gasteiger charge is 2.28. The maximum absolute atomic E-state index is 14.4. The fraction of sp³-hybridized carbons (Fsp3) is 0.256. The molecule has 0 heterocycles. The minimum absolute atomic E-state index is 0.0694. The number of hydrogen-bond acceptors (Lipinski definition) is 6. The number of aliphatic hydroxyl groups excluding tert-OH is 1. The molecule has 11 nitrogen and oxygen atoms in total. The number of benzene rings is 4. The van der Waals surface area contributed by atoms with Crippen molar-refractivity contribution < 1.29 is 33.5 Å². The van der Waals surface area contributed by atoms with Gasteiger partial charge >= 0.3 is 0 Å². The molecule has 8 N–H and O–H groups in total. The van der Waals surface area contributed by atoms with Gasteiger partial charge in [0.25, 0.3) is 5.91 Å². The minimum atomic E-state index is -1.78. The number of carbonyl (C=O) groups is 5. The first-order chi connectivity index (χ1) is 24.3. The fourth-order valence-corrected chi connectivity index (χ4v) is 5.33. The van der Waals surface area contributed by atoms with Gasteiger partial charge in [-0.15, -0.1) is 0 Å². The van der Waals surface area contributed by atoms with Crippen molar-refractivity contribution in [2.45, 2.75) is 57.7 Å². The lowest BCUT2D eigenvalue weighted by Crippen LogP contribution is -2.54. The van der Waals surface area contributed by atoms with E-state index in [9.17, 15) is 33.5 Å². The molecule has 0 aliphatic heterocycles. The topological polar surface area (TPSA) is 194 Å². The van der Waals surface area contributed by atoms with Crippen LogP contribution in [0.1, 0.15) is 35.6 Å². The third-order valence-electron chi connectivity index (χ3n) is 8.42. The molecule has 0 bridgehead atoms. The molecule has 5 amide bonds. The molecular weight excluding hydrogens is 653 g/mol. The minimum Gasteiger partial charge on any atom is -0.383 e. The van der Waals surface area contributed by atoms with Crippen LogP contribution >= 0.6 is 0 Å². The van der Waals surface area contributed by atoms with Gasteiger partial charge in [0.2, 0.25) is 23.6 Å². The molecule has 0 radical (unpaired) electrons. The second kappa shape index (κ2) is 17.7. The van der Waals surface area contributed by atoms with Gasteiger partial charge in [0, 0.05) is 24.4 Å². The van der Waals surface area contributed by atoms with Crippen molar-refractivity contribution in [2.75, 3.05) is 5.32 Å². The van der Waals surface area contributed by atoms with Crippen LogP contribution < -0.4 is 27.4 Å². The van der Waals surface area contributed by atoms with E-state index < -0.39 is 60.0 Å². The third kappa shape index (κ3) is 11.3. The lowest BCUT2D eigenvalue weighted by atomic mass is 9.99. The summed E-state index contributed by atoms with van der Waals surface area (Å²) < 4.78 is 14.4. The van der Waals surface area contributed by atoms with Gasteiger partial charge in [0.15, 0.2) is 0 Å². The molecule has 266 valence electrons. The average Bonchev–Trinajstić information content (AvgIpc) is 3.10. The van der Waals surface area contributed by atoms with Crippen LogP contribution in [-0.4, -0.2) is 52.8 Å². The summed E-state index contributed by atoms with van der Waals surface area (Å²) in [5.41, 5.74) is 15.6. The van der Waals surface area contributed by atoms with E-state index in [1.165, 1.54) is 12.1 Å². The Morgan fingerprint density at radius 1 is 0.686 bits per heavy atom. The van der Waals surface area contributed by atoms with Gasteiger partial charge in [-0.1, -0.05) is 85.8 Å². The monoisotopic (exact) mass is 695 g/mol. The Bertz CT molecular complexity index is 1850. The van der Waals surface area contributed by atoms with Crippen LogP contribution in [0.3, 0.4) is 0 Å². The number of hydrogen-bond donors (Lipinski definition) is 6. The SMILES string of the molecule is Cc1ccc(C[C@@H](NC(=O)C[C@@H](O)C(=O)Nc2ccc(C[C@H](C)C(N)=O)cc2)C(=O)N[C@@H](Cc2ccc(-c3ccccc3)cc2)C(N)=O)cc1F. The molecule has 4 rings (SSSR count). The summed E-state index contributed by atoms with van der Waals surface area (Å²) in [4.78, 5) is 63.1. The van der Waals surface area contributed by atoms with Gasteiger partial charge < -0.3 is 32.5 Å². The molecule has 4 aromatic carbocycles. The van der Waals surface area contributed by atoms with E-state index in [0.29, 0.717) is 23.2 Å². The average molecular weight is 696 g/mol. The van der Waals surface area contributed by atoms with Crippen LogP contribution in [0.15, 0.2) is 97.1 Å². The standard InChI is InChI=1S/C39H42FN5O6/c1-23-8-9-27(19-31(23)40)21-33(38(50)45-32(37(42)49)20-26-10-14-29(15-11-26)28-6-4-3-5-7-28)44-35(47)22-34(46)39(51)43-30-16-12-25(13-17-30)18-24(2)36(41)48/h3-17,19,24,32-34,46H,18,20-22H2,1-2H3,(H2,41,48)(H2,42,49)(H,43,51)(H,44,47)(H,45,50)/t24-,32-,33+,34+/m0/s1. The highest BCUT2D eigenvalue weighted by atomic mass is 19.1. The number of aliphatic hydroxyl groups is 1. The van der Waals surface area contributed by atoms with E-state index in [4.69, 9.17) is 11.5 Å². The molecule has 4 aromatic rings. The highest BCUT2D eigenvalue weighted by molar-refractivity contribution is 5.97. The van der Waals surface area contributed by atoms with Crippen molar-refractivity contribution in [2.24, 2.45) is 17.4 Å². The van der Waals surface area contributed by atoms with Gasteiger partial charge in [-0.2, -0.15) is 0 Å². The molecule has 0 saturated heterocycles. The maximum Gasteiger partial charge on any atom is 0.253 e. The first kappa shape index (κ1) is 37.9. The van der Waals surface area contributed by atoms with E-state index in [1.807, 2.05) is 54.6 Å². The number of halogens is 1. The fourth-order valence-electron chi connectivity index (χ4n) is 5.33. The van der Waals surface area contributed by atoms with Crippen LogP contribution in [0.5, 0.6) is 0 Å². The summed E-state index contributed by atoms with van der Waals surface area (Å²) in [6.07, 6.45) is -2.15. The number of primary amides is 2. The molecule has 0 fully saturated rings. The van der Waals surface area contributed by atoms with Crippen molar-refractivity contribution in [3.8, 4) is 11.1 Å². The normalized spacial score (nSPS) is 13.3. The number of carbonyl (C=O) groups excluding carboxylic acids is 5. The number of aryl methyl sites for hydroxylation is 1. The molecule has 0 spiro atoms. The van der Waals surface area contributed by atoms with E-state index in [2.05, 4.69) is 16.0 Å². The van der Waals surface area contributed by atoms with Gasteiger partial charge in [-0.05, 0) is 64.9 Å². The lowest BCUT2D eigenvalue weighted by Gasteiger charge is -2.23. The van der Waals surface area contributed by atoms with Crippen molar-refractivity contribution >= 4 is 35.2 Å². The molecule has 12 heteroatoms. The Labute approximate surface area is 295 Å². The van der Waals surface area contributed by atoms with Gasteiger partial charge in [0.05, 0.1) is 6.42 Å². The van der Waals surface area contributed by atoms with Crippen molar-refractivity contribution in [1.82, 2.24) is 10.6 Å². The predicted octanol–water partition coefficient (Wildman–Crippen LogP) is 3.09. The van der Waals surface area contributed by atoms with Gasteiger partial charge in [0.1, 0.15) is 24.0 Å². The van der Waals surface area contributed by atoms with E-state index in [1.54, 1.807) is 44.2 Å². The number of rotatable bonds is 16. The smallest absolute Gasteiger partial charge is 0.253 e. The number of nitrogens with two attached hydrogens (primary N) is 2. The summed E-state index contributed by atoms with van der Waals surface area (Å²) in [7, 11) is 0. The van der Waals surface area contributed by atoms with Crippen molar-refractivity contribution in [3.05, 3.63) is 125 Å². The second-order valence-corrected chi connectivity index (χ2v) is 12.6. The maximum atomic E-state index is 14.4. The van der Waals surface area contributed by atoms with Gasteiger partial charge in [-0.25, -0.2) is 4.39 Å². The summed E-state index contributed by atoms with van der Waals surface area (Å²) in [5, 5.41) is 18.2. The van der Waals surface area contributed by atoms with Crippen LogP contribution in [0, 0.1) is 18.7 Å². The lowest BCUT2D eigenvalue weighted by molar-refractivity contribution is -0.134. The van der Waals surface area contributed by atoms with Crippen LogP contribution in [0.4, 0.5) is 10.1 Å². The quantitative estimate of drug-likeness (QED) is 0.104. The molecule has 0 aliphatic rings. The van der Waals surface area contributed by atoms with Crippen molar-refractivity contribution in [3.63, 3.8) is 0 Å². The second-order valence-electron chi connectivity index (χ2n) is 12.6. The van der Waals surface area contributed by atoms with Crippen molar-refractivity contribution in [1.29, 1.82) is 0 Å². The Morgan fingerprint density at radius 3 is 1.86 bits per heavy atom. The summed E-state index contributed by atoms with van der Waals surface area (Å²) in [6, 6.07) is 25.6. The summed E-state index contributed by atoms with van der Waals surface area (Å²) in [5.74, 6) is -4.58. The highest BCUT2D eigenvalue weighted by Crippen LogP contribution is 2.20. The number of anilines is 1. The molecule has 0 aromatic heterocycles. The first-order valence-electron chi connectivity index (χ1n) is 16.4. The van der Waals surface area contributed by atoms with E-state index in [-0.39, 0.29) is 18.8 Å². The molecule has 0 saturated carbocycles. The number of amides is 5. The molecule has 4 atom stereocenters. The van der Waals surface area contributed by atoms with E-state index in [0.717, 1.165) is 22.3 Å². The summed E-state index contributed by atoms with van der Waals surface area (Å²) in [6.45, 7) is 3.29. The van der Waals surface area contributed by atoms with Gasteiger partial charge in [-0.3, -0.25) is 24.0 Å². The Morgan fingerprint density at radius 2 is 1.25 bits per heavy atom.